The highest BCUT2D eigenvalue weighted by Gasteiger charge is 2.12. The van der Waals surface area contributed by atoms with Crippen LogP contribution in [0, 0.1) is 13.8 Å². The molecule has 0 heterocycles. The number of urea groups is 2. The predicted octanol–water partition coefficient (Wildman–Crippen LogP) is 10.5. The number of hydrogen-bond donors (Lipinski definition) is 6. The number of para-hydroxylation sites is 2. The van der Waals surface area contributed by atoms with Crippen molar-refractivity contribution in [2.24, 2.45) is 0 Å². The quantitative estimate of drug-likeness (QED) is 0.0872. The number of nitrogens with one attached hydrogen (secondary N) is 6. The molecule has 12 nitrogen and oxygen atoms in total. The zero-order valence-corrected chi connectivity index (χ0v) is 29.3. The maximum absolute atomic E-state index is 12.8. The molecule has 6 aromatic rings. The molecule has 0 saturated heterocycles. The Hall–Kier alpha value is -7.60. The third-order valence-electron chi connectivity index (χ3n) is 7.99. The molecule has 0 spiro atoms. The second-order valence-corrected chi connectivity index (χ2v) is 12.0. The Kier molecular flexibility index (Phi) is 11.4. The minimum atomic E-state index is -0.644. The second-order valence-electron chi connectivity index (χ2n) is 12.0. The molecule has 6 amide bonds. The van der Waals surface area contributed by atoms with E-state index in [0.717, 1.165) is 22.3 Å². The molecule has 0 unspecified atom stereocenters. The first-order valence-corrected chi connectivity index (χ1v) is 16.8. The van der Waals surface area contributed by atoms with E-state index in [1.807, 2.05) is 50.2 Å². The largest absolute Gasteiger partial charge is 0.417 e. The van der Waals surface area contributed by atoms with E-state index in [2.05, 4.69) is 31.9 Å². The molecule has 6 N–H and O–H groups in total. The highest BCUT2D eigenvalue weighted by atomic mass is 16.6. The van der Waals surface area contributed by atoms with E-state index < -0.39 is 24.2 Å². The van der Waals surface area contributed by atoms with E-state index in [0.29, 0.717) is 45.6 Å². The number of anilines is 6. The molecule has 0 bridgehead atoms. The Morgan fingerprint density at radius 3 is 1.09 bits per heavy atom. The molecular formula is C42H36N6O6. The number of amides is 6. The number of carbonyl (C=O) groups excluding carboxylic acids is 4. The summed E-state index contributed by atoms with van der Waals surface area (Å²) in [5.41, 5.74) is 6.50. The van der Waals surface area contributed by atoms with Crippen LogP contribution in [0.25, 0.3) is 11.1 Å². The summed E-state index contributed by atoms with van der Waals surface area (Å²) in [5, 5.41) is 16.6. The topological polar surface area (TPSA) is 159 Å². The second kappa shape index (κ2) is 17.1. The van der Waals surface area contributed by atoms with Gasteiger partial charge in [-0.25, -0.2) is 19.2 Å². The highest BCUT2D eigenvalue weighted by Crippen LogP contribution is 2.26. The smallest absolute Gasteiger partial charge is 0.410 e. The predicted molar refractivity (Wildman–Crippen MR) is 212 cm³/mol. The zero-order chi connectivity index (χ0) is 37.9. The number of rotatable bonds is 9. The summed E-state index contributed by atoms with van der Waals surface area (Å²) >= 11 is 0. The SMILES string of the molecule is Cc1ccc(NC(=O)Nc2ccc(-c3ccc(NC(=O)Nc4ccc(C)c(NC(=O)Oc5ccccc5)c4)cc3)cc2)cc1NC(=O)Oc1ccccc1. The van der Waals surface area contributed by atoms with Crippen molar-refractivity contribution in [1.29, 1.82) is 0 Å². The Labute approximate surface area is 311 Å². The van der Waals surface area contributed by atoms with Gasteiger partial charge in [-0.05, 0) is 109 Å². The number of hydrogen-bond acceptors (Lipinski definition) is 6. The van der Waals surface area contributed by atoms with Gasteiger partial charge in [0.2, 0.25) is 0 Å². The molecule has 54 heavy (non-hydrogen) atoms. The normalized spacial score (nSPS) is 10.3. The molecule has 0 aliphatic heterocycles. The van der Waals surface area contributed by atoms with Gasteiger partial charge in [0.15, 0.2) is 0 Å². The fourth-order valence-electron chi connectivity index (χ4n) is 5.21. The van der Waals surface area contributed by atoms with Gasteiger partial charge in [0.05, 0.1) is 0 Å². The fraction of sp³-hybridized carbons (Fsp3) is 0.0476. The molecule has 0 radical (unpaired) electrons. The van der Waals surface area contributed by atoms with E-state index in [9.17, 15) is 19.2 Å². The van der Waals surface area contributed by atoms with Crippen LogP contribution in [0.1, 0.15) is 11.1 Å². The Morgan fingerprint density at radius 1 is 0.389 bits per heavy atom. The first-order valence-electron chi connectivity index (χ1n) is 16.8. The molecule has 12 heteroatoms. The van der Waals surface area contributed by atoms with E-state index in [1.165, 1.54) is 0 Å². The van der Waals surface area contributed by atoms with Gasteiger partial charge < -0.3 is 30.7 Å². The van der Waals surface area contributed by atoms with Crippen LogP contribution in [0.4, 0.5) is 53.3 Å². The van der Waals surface area contributed by atoms with Gasteiger partial charge in [0.25, 0.3) is 0 Å². The van der Waals surface area contributed by atoms with E-state index in [4.69, 9.17) is 9.47 Å². The average Bonchev–Trinajstić information content (AvgIpc) is 3.16. The molecule has 0 aliphatic carbocycles. The minimum absolute atomic E-state index is 0.413. The van der Waals surface area contributed by atoms with Crippen molar-refractivity contribution in [2.75, 3.05) is 31.9 Å². The fourth-order valence-corrected chi connectivity index (χ4v) is 5.21. The molecule has 0 saturated carbocycles. The Morgan fingerprint density at radius 2 is 0.722 bits per heavy atom. The van der Waals surface area contributed by atoms with Crippen molar-refractivity contribution in [3.05, 3.63) is 157 Å². The minimum Gasteiger partial charge on any atom is -0.410 e. The summed E-state index contributed by atoms with van der Waals surface area (Å²) in [4.78, 5) is 50.3. The van der Waals surface area contributed by atoms with Crippen LogP contribution in [-0.4, -0.2) is 24.2 Å². The lowest BCUT2D eigenvalue weighted by molar-refractivity contribution is 0.214. The Bertz CT molecular complexity index is 2100. The van der Waals surface area contributed by atoms with Crippen molar-refractivity contribution in [3.8, 4) is 22.6 Å². The van der Waals surface area contributed by atoms with Crippen LogP contribution in [0.3, 0.4) is 0 Å². The molecule has 0 aliphatic rings. The first-order chi connectivity index (χ1) is 26.2. The van der Waals surface area contributed by atoms with Gasteiger partial charge in [-0.3, -0.25) is 10.6 Å². The first kappa shape index (κ1) is 36.2. The lowest BCUT2D eigenvalue weighted by Crippen LogP contribution is -2.20. The molecule has 0 atom stereocenters. The van der Waals surface area contributed by atoms with Gasteiger partial charge in [-0.15, -0.1) is 0 Å². The third kappa shape index (κ3) is 10.2. The Balaban J connectivity index is 0.982. The molecule has 6 aromatic carbocycles. The highest BCUT2D eigenvalue weighted by molar-refractivity contribution is 6.01. The maximum Gasteiger partial charge on any atom is 0.417 e. The zero-order valence-electron chi connectivity index (χ0n) is 29.3. The lowest BCUT2D eigenvalue weighted by atomic mass is 10.1. The maximum atomic E-state index is 12.8. The van der Waals surface area contributed by atoms with E-state index in [1.54, 1.807) is 109 Å². The summed E-state index contributed by atoms with van der Waals surface area (Å²) in [6, 6.07) is 41.5. The van der Waals surface area contributed by atoms with Crippen molar-refractivity contribution >= 4 is 58.4 Å². The number of aryl methyl sites for hydroxylation is 2. The summed E-state index contributed by atoms with van der Waals surface area (Å²) in [6.45, 7) is 3.67. The van der Waals surface area contributed by atoms with Crippen LogP contribution in [0.15, 0.2) is 146 Å². The van der Waals surface area contributed by atoms with E-state index in [-0.39, 0.29) is 0 Å². The third-order valence-corrected chi connectivity index (χ3v) is 7.99. The molecule has 270 valence electrons. The van der Waals surface area contributed by atoms with Crippen LogP contribution >= 0.6 is 0 Å². The number of ether oxygens (including phenoxy) is 2. The van der Waals surface area contributed by atoms with Gasteiger partial charge in [0.1, 0.15) is 11.5 Å². The molecule has 0 fully saturated rings. The molecule has 6 rings (SSSR count). The van der Waals surface area contributed by atoms with Crippen LogP contribution < -0.4 is 41.4 Å². The monoisotopic (exact) mass is 720 g/mol. The van der Waals surface area contributed by atoms with Gasteiger partial charge in [-0.1, -0.05) is 72.8 Å². The average molecular weight is 721 g/mol. The van der Waals surface area contributed by atoms with Crippen molar-refractivity contribution in [1.82, 2.24) is 0 Å². The van der Waals surface area contributed by atoms with E-state index >= 15 is 0 Å². The van der Waals surface area contributed by atoms with Gasteiger partial charge in [-0.2, -0.15) is 0 Å². The summed E-state index contributed by atoms with van der Waals surface area (Å²) < 4.78 is 10.6. The van der Waals surface area contributed by atoms with Crippen LogP contribution in [0.2, 0.25) is 0 Å². The number of carbonyl (C=O) groups is 4. The van der Waals surface area contributed by atoms with Gasteiger partial charge >= 0.3 is 24.2 Å². The van der Waals surface area contributed by atoms with Crippen molar-refractivity contribution in [2.45, 2.75) is 13.8 Å². The number of benzene rings is 6. The lowest BCUT2D eigenvalue weighted by Gasteiger charge is -2.13. The summed E-state index contributed by atoms with van der Waals surface area (Å²) in [7, 11) is 0. The van der Waals surface area contributed by atoms with Gasteiger partial charge in [0, 0.05) is 34.1 Å². The van der Waals surface area contributed by atoms with Crippen molar-refractivity contribution < 1.29 is 28.7 Å². The summed E-state index contributed by atoms with van der Waals surface area (Å²) in [6.07, 6.45) is -1.29. The van der Waals surface area contributed by atoms with Crippen LogP contribution in [-0.2, 0) is 0 Å². The molecule has 0 aromatic heterocycles. The van der Waals surface area contributed by atoms with Crippen LogP contribution in [0.5, 0.6) is 11.5 Å². The molecular weight excluding hydrogens is 684 g/mol. The van der Waals surface area contributed by atoms with Crippen molar-refractivity contribution in [3.63, 3.8) is 0 Å². The standard InChI is InChI=1S/C42H36N6O6/c1-27-13-19-33(25-37(27)47-41(51)53-35-9-5-3-6-10-35)45-39(49)43-31-21-15-29(16-22-31)30-17-23-32(24-18-30)44-40(50)46-34-20-14-28(2)38(26-34)48-42(52)54-36-11-7-4-8-12-36/h3-26H,1-2H3,(H,47,51)(H,48,52)(H2,43,45,49)(H2,44,46,50). The summed E-state index contributed by atoms with van der Waals surface area (Å²) in [5.74, 6) is 0.827.